The monoisotopic (exact) mass is 290 g/mol. The zero-order chi connectivity index (χ0) is 14.5. The van der Waals surface area contributed by atoms with E-state index in [2.05, 4.69) is 5.32 Å². The highest BCUT2D eigenvalue weighted by Gasteiger charge is 2.15. The number of benzene rings is 1. The van der Waals surface area contributed by atoms with E-state index in [9.17, 15) is 4.79 Å². The molecule has 0 radical (unpaired) electrons. The molecule has 1 aromatic heterocycles. The molecule has 0 saturated carbocycles. The van der Waals surface area contributed by atoms with Gasteiger partial charge in [-0.05, 0) is 43.7 Å². The molecular weight excluding hydrogens is 272 g/mol. The maximum Gasteiger partial charge on any atom is 0.233 e. The number of nitrogens with one attached hydrogen (secondary N) is 1. The number of thioether (sulfide) groups is 1. The normalized spacial score (nSPS) is 12.1. The summed E-state index contributed by atoms with van der Waals surface area (Å²) in [5.74, 6) is 0.705. The third-order valence-electron chi connectivity index (χ3n) is 2.86. The summed E-state index contributed by atoms with van der Waals surface area (Å²) in [5, 5.41) is 2.63. The number of anilines is 1. The Morgan fingerprint density at radius 2 is 2.25 bits per heavy atom. The molecule has 1 atom stereocenters. The van der Waals surface area contributed by atoms with E-state index >= 15 is 0 Å². The minimum absolute atomic E-state index is 0.0358. The van der Waals surface area contributed by atoms with Gasteiger partial charge in [0.1, 0.15) is 5.76 Å². The fourth-order valence-electron chi connectivity index (χ4n) is 1.75. The largest absolute Gasteiger partial charge is 0.467 e. The minimum Gasteiger partial charge on any atom is -0.467 e. The molecule has 1 unspecified atom stereocenters. The number of nitrogen functional groups attached to an aromatic ring is 1. The van der Waals surface area contributed by atoms with Gasteiger partial charge in [-0.15, -0.1) is 11.8 Å². The van der Waals surface area contributed by atoms with E-state index in [0.717, 1.165) is 16.2 Å². The van der Waals surface area contributed by atoms with Crippen molar-refractivity contribution in [2.45, 2.75) is 30.5 Å². The van der Waals surface area contributed by atoms with Crippen molar-refractivity contribution in [3.8, 4) is 0 Å². The first kappa shape index (κ1) is 14.5. The van der Waals surface area contributed by atoms with E-state index in [1.807, 2.05) is 38.1 Å². The predicted octanol–water partition coefficient (Wildman–Crippen LogP) is 2.97. The molecule has 2 aromatic rings. The summed E-state index contributed by atoms with van der Waals surface area (Å²) in [5.41, 5.74) is 7.78. The lowest BCUT2D eigenvalue weighted by Gasteiger charge is -2.13. The van der Waals surface area contributed by atoms with Gasteiger partial charge in [-0.1, -0.05) is 6.07 Å². The number of carbonyl (C=O) groups is 1. The molecule has 1 amide bonds. The van der Waals surface area contributed by atoms with Crippen molar-refractivity contribution in [1.29, 1.82) is 0 Å². The predicted molar refractivity (Wildman–Crippen MR) is 81.5 cm³/mol. The summed E-state index contributed by atoms with van der Waals surface area (Å²) in [4.78, 5) is 12.9. The quantitative estimate of drug-likeness (QED) is 0.656. The number of rotatable bonds is 5. The number of furan rings is 1. The molecule has 2 rings (SSSR count). The smallest absolute Gasteiger partial charge is 0.233 e. The molecular formula is C15H18N2O2S. The fourth-order valence-corrected chi connectivity index (χ4v) is 2.66. The van der Waals surface area contributed by atoms with Crippen LogP contribution in [-0.2, 0) is 11.3 Å². The first-order valence-electron chi connectivity index (χ1n) is 6.39. The molecule has 0 aliphatic heterocycles. The van der Waals surface area contributed by atoms with Crippen LogP contribution in [0.4, 0.5) is 5.69 Å². The van der Waals surface area contributed by atoms with E-state index < -0.39 is 0 Å². The van der Waals surface area contributed by atoms with E-state index in [-0.39, 0.29) is 11.2 Å². The molecule has 1 aromatic carbocycles. The Balaban J connectivity index is 1.90. The summed E-state index contributed by atoms with van der Waals surface area (Å²) in [6.45, 7) is 4.26. The van der Waals surface area contributed by atoms with Crippen LogP contribution >= 0.6 is 11.8 Å². The number of hydrogen-bond donors (Lipinski definition) is 2. The van der Waals surface area contributed by atoms with Crippen molar-refractivity contribution in [1.82, 2.24) is 5.32 Å². The van der Waals surface area contributed by atoms with Crippen LogP contribution < -0.4 is 11.1 Å². The lowest BCUT2D eigenvalue weighted by molar-refractivity contribution is -0.120. The summed E-state index contributed by atoms with van der Waals surface area (Å²) in [6.07, 6.45) is 1.59. The lowest BCUT2D eigenvalue weighted by Crippen LogP contribution is -2.30. The molecule has 1 heterocycles. The Bertz CT molecular complexity index is 582. The van der Waals surface area contributed by atoms with Gasteiger partial charge in [0, 0.05) is 10.6 Å². The van der Waals surface area contributed by atoms with Crippen molar-refractivity contribution in [3.05, 3.63) is 47.9 Å². The van der Waals surface area contributed by atoms with E-state index in [0.29, 0.717) is 12.2 Å². The van der Waals surface area contributed by atoms with Crippen LogP contribution in [0.2, 0.25) is 0 Å². The van der Waals surface area contributed by atoms with E-state index in [1.165, 1.54) is 11.8 Å². The maximum atomic E-state index is 12.0. The molecule has 3 N–H and O–H groups in total. The Hall–Kier alpha value is -1.88. The highest BCUT2D eigenvalue weighted by Crippen LogP contribution is 2.29. The molecule has 4 nitrogen and oxygen atoms in total. The number of nitrogens with two attached hydrogens (primary N) is 1. The average molecular weight is 290 g/mol. The van der Waals surface area contributed by atoms with Crippen molar-refractivity contribution < 1.29 is 9.21 Å². The van der Waals surface area contributed by atoms with Crippen molar-refractivity contribution >= 4 is 23.4 Å². The Kier molecular flexibility index (Phi) is 4.74. The van der Waals surface area contributed by atoms with Crippen LogP contribution in [0.15, 0.2) is 45.9 Å². The SMILES string of the molecule is Cc1ccc(SC(C)C(=O)NCc2ccco2)c(N)c1. The second-order valence-electron chi connectivity index (χ2n) is 4.60. The van der Waals surface area contributed by atoms with Crippen LogP contribution in [0.5, 0.6) is 0 Å². The van der Waals surface area contributed by atoms with Crippen molar-refractivity contribution in [3.63, 3.8) is 0 Å². The zero-order valence-corrected chi connectivity index (χ0v) is 12.4. The van der Waals surface area contributed by atoms with Crippen LogP contribution in [0.3, 0.4) is 0 Å². The summed E-state index contributed by atoms with van der Waals surface area (Å²) in [6, 6.07) is 9.48. The van der Waals surface area contributed by atoms with Gasteiger partial charge in [0.15, 0.2) is 0 Å². The maximum absolute atomic E-state index is 12.0. The molecule has 5 heteroatoms. The van der Waals surface area contributed by atoms with Gasteiger partial charge in [0.2, 0.25) is 5.91 Å². The minimum atomic E-state index is -0.213. The highest BCUT2D eigenvalue weighted by atomic mass is 32.2. The Morgan fingerprint density at radius 1 is 1.45 bits per heavy atom. The van der Waals surface area contributed by atoms with Gasteiger partial charge in [0.05, 0.1) is 18.1 Å². The first-order valence-corrected chi connectivity index (χ1v) is 7.27. The first-order chi connectivity index (χ1) is 9.56. The third kappa shape index (κ3) is 3.81. The topological polar surface area (TPSA) is 68.3 Å². The molecule has 106 valence electrons. The van der Waals surface area contributed by atoms with Crippen molar-refractivity contribution in [2.24, 2.45) is 0 Å². The van der Waals surface area contributed by atoms with Gasteiger partial charge in [-0.25, -0.2) is 0 Å². The molecule has 0 bridgehead atoms. The highest BCUT2D eigenvalue weighted by molar-refractivity contribution is 8.00. The van der Waals surface area contributed by atoms with Crippen molar-refractivity contribution in [2.75, 3.05) is 5.73 Å². The van der Waals surface area contributed by atoms with E-state index in [4.69, 9.17) is 10.2 Å². The van der Waals surface area contributed by atoms with Gasteiger partial charge in [-0.3, -0.25) is 4.79 Å². The molecule has 0 saturated heterocycles. The Morgan fingerprint density at radius 3 is 2.90 bits per heavy atom. The third-order valence-corrected chi connectivity index (χ3v) is 4.05. The van der Waals surface area contributed by atoms with Gasteiger partial charge in [0.25, 0.3) is 0 Å². The number of carbonyl (C=O) groups excluding carboxylic acids is 1. The molecule has 0 spiro atoms. The second kappa shape index (κ2) is 6.52. The summed E-state index contributed by atoms with van der Waals surface area (Å²) >= 11 is 1.46. The summed E-state index contributed by atoms with van der Waals surface area (Å²) in [7, 11) is 0. The Labute approximate surface area is 122 Å². The number of aryl methyl sites for hydroxylation is 1. The van der Waals surface area contributed by atoms with Gasteiger partial charge in [-0.2, -0.15) is 0 Å². The zero-order valence-electron chi connectivity index (χ0n) is 11.6. The standard InChI is InChI=1S/C15H18N2O2S/c1-10-5-6-14(13(16)8-10)20-11(2)15(18)17-9-12-4-3-7-19-12/h3-8,11H,9,16H2,1-2H3,(H,17,18). The summed E-state index contributed by atoms with van der Waals surface area (Å²) < 4.78 is 5.17. The lowest BCUT2D eigenvalue weighted by atomic mass is 10.2. The number of amides is 1. The van der Waals surface area contributed by atoms with Gasteiger partial charge >= 0.3 is 0 Å². The van der Waals surface area contributed by atoms with Gasteiger partial charge < -0.3 is 15.5 Å². The van der Waals surface area contributed by atoms with Crippen LogP contribution in [0.25, 0.3) is 0 Å². The molecule has 20 heavy (non-hydrogen) atoms. The van der Waals surface area contributed by atoms with Crippen LogP contribution in [0, 0.1) is 6.92 Å². The molecule has 0 aliphatic carbocycles. The average Bonchev–Trinajstić information content (AvgIpc) is 2.92. The van der Waals surface area contributed by atoms with Crippen LogP contribution in [0.1, 0.15) is 18.2 Å². The number of hydrogen-bond acceptors (Lipinski definition) is 4. The molecule has 0 fully saturated rings. The fraction of sp³-hybridized carbons (Fsp3) is 0.267. The van der Waals surface area contributed by atoms with Crippen LogP contribution in [-0.4, -0.2) is 11.2 Å². The van der Waals surface area contributed by atoms with E-state index in [1.54, 1.807) is 12.3 Å². The molecule has 0 aliphatic rings. The second-order valence-corrected chi connectivity index (χ2v) is 5.98.